The zero-order valence-electron chi connectivity index (χ0n) is 30.4. The molecule has 0 atom stereocenters. The quantitative estimate of drug-likeness (QED) is 0.0300. The van der Waals surface area contributed by atoms with Crippen LogP contribution in [0, 0.1) is 0 Å². The molecule has 0 aromatic rings. The predicted octanol–water partition coefficient (Wildman–Crippen LogP) is 15.3. The van der Waals surface area contributed by atoms with Crippen molar-refractivity contribution in [3.05, 3.63) is 24.5 Å². The molecular formula is C42H80O2. The Morgan fingerprint density at radius 1 is 0.364 bits per heavy atom. The van der Waals surface area contributed by atoms with Crippen molar-refractivity contribution in [2.45, 2.75) is 239 Å². The first-order valence-corrected chi connectivity index (χ1v) is 20.3. The van der Waals surface area contributed by atoms with Crippen molar-refractivity contribution in [2.75, 3.05) is 0 Å². The Hall–Kier alpha value is -1.05. The van der Waals surface area contributed by atoms with Crippen LogP contribution in [-0.4, -0.2) is 5.97 Å². The fraction of sp³-hybridized carbons (Fsp3) is 0.881. The van der Waals surface area contributed by atoms with Crippen LogP contribution in [0.25, 0.3) is 0 Å². The summed E-state index contributed by atoms with van der Waals surface area (Å²) in [6, 6.07) is 0. The number of carbonyl (C=O) groups excluding carboxylic acids is 1. The van der Waals surface area contributed by atoms with Gasteiger partial charge in [0, 0.05) is 6.08 Å². The van der Waals surface area contributed by atoms with Gasteiger partial charge in [0.15, 0.2) is 0 Å². The Balaban J connectivity index is 3.26. The molecule has 0 rings (SSSR count). The van der Waals surface area contributed by atoms with Gasteiger partial charge in [-0.3, -0.25) is 0 Å². The van der Waals surface area contributed by atoms with E-state index in [1.54, 1.807) is 12.3 Å². The first-order valence-electron chi connectivity index (χ1n) is 20.3. The van der Waals surface area contributed by atoms with Crippen LogP contribution in [0.2, 0.25) is 0 Å². The highest BCUT2D eigenvalue weighted by atomic mass is 16.5. The van der Waals surface area contributed by atoms with Crippen LogP contribution < -0.4 is 0 Å². The summed E-state index contributed by atoms with van der Waals surface area (Å²) >= 11 is 0. The van der Waals surface area contributed by atoms with E-state index < -0.39 is 0 Å². The van der Waals surface area contributed by atoms with Crippen molar-refractivity contribution < 1.29 is 9.53 Å². The van der Waals surface area contributed by atoms with E-state index in [9.17, 15) is 4.79 Å². The monoisotopic (exact) mass is 617 g/mol. The lowest BCUT2D eigenvalue weighted by Gasteiger charge is -2.03. The Morgan fingerprint density at radius 2 is 0.614 bits per heavy atom. The molecule has 0 saturated carbocycles. The molecule has 0 aliphatic heterocycles. The second kappa shape index (κ2) is 40.0. The molecule has 0 aliphatic carbocycles. The van der Waals surface area contributed by atoms with Gasteiger partial charge in [0.1, 0.15) is 0 Å². The number of rotatable bonds is 37. The minimum Gasteiger partial charge on any atom is -0.432 e. The molecule has 0 heterocycles. The number of ether oxygens (including phenoxy) is 1. The van der Waals surface area contributed by atoms with Crippen molar-refractivity contribution in [3.63, 3.8) is 0 Å². The third kappa shape index (κ3) is 39.0. The molecule has 0 spiro atoms. The molecule has 2 nitrogen and oxygen atoms in total. The molecule has 0 unspecified atom stereocenters. The number of hydrogen-bond donors (Lipinski definition) is 0. The minimum absolute atomic E-state index is 0.236. The van der Waals surface area contributed by atoms with Crippen LogP contribution >= 0.6 is 0 Å². The van der Waals surface area contributed by atoms with Crippen molar-refractivity contribution in [2.24, 2.45) is 0 Å². The van der Waals surface area contributed by atoms with E-state index in [0.29, 0.717) is 0 Å². The Morgan fingerprint density at radius 3 is 0.909 bits per heavy atom. The summed E-state index contributed by atoms with van der Waals surface area (Å²) in [6.07, 6.45) is 55.3. The predicted molar refractivity (Wildman–Crippen MR) is 197 cm³/mol. The largest absolute Gasteiger partial charge is 0.432 e. The molecule has 0 aliphatic rings. The lowest BCUT2D eigenvalue weighted by atomic mass is 10.0. The summed E-state index contributed by atoms with van der Waals surface area (Å²) < 4.78 is 5.20. The van der Waals surface area contributed by atoms with Gasteiger partial charge in [-0.15, -0.1) is 0 Å². The first kappa shape index (κ1) is 43.0. The molecule has 0 saturated heterocycles. The summed E-state index contributed by atoms with van der Waals surface area (Å²) in [7, 11) is 0. The highest BCUT2D eigenvalue weighted by Gasteiger charge is 1.97. The number of unbranched alkanes of at least 4 members (excludes halogenated alkanes) is 33. The maximum absolute atomic E-state index is 11.8. The van der Waals surface area contributed by atoms with E-state index in [-0.39, 0.29) is 5.97 Å². The number of hydrogen-bond acceptors (Lipinski definition) is 2. The van der Waals surface area contributed by atoms with Crippen LogP contribution in [0.3, 0.4) is 0 Å². The second-order valence-corrected chi connectivity index (χ2v) is 13.7. The molecule has 0 aromatic heterocycles. The van der Waals surface area contributed by atoms with E-state index in [2.05, 4.69) is 13.8 Å². The Bertz CT molecular complexity index is 593. The van der Waals surface area contributed by atoms with Gasteiger partial charge >= 0.3 is 5.97 Å². The van der Waals surface area contributed by atoms with Crippen LogP contribution in [-0.2, 0) is 9.53 Å². The van der Waals surface area contributed by atoms with Crippen molar-refractivity contribution in [1.29, 1.82) is 0 Å². The molecule has 44 heavy (non-hydrogen) atoms. The molecule has 0 bridgehead atoms. The van der Waals surface area contributed by atoms with E-state index in [4.69, 9.17) is 4.74 Å². The van der Waals surface area contributed by atoms with E-state index in [0.717, 1.165) is 12.8 Å². The maximum atomic E-state index is 11.8. The third-order valence-corrected chi connectivity index (χ3v) is 9.23. The summed E-state index contributed by atoms with van der Waals surface area (Å²) in [5, 5.41) is 0. The van der Waals surface area contributed by atoms with Crippen LogP contribution in [0.1, 0.15) is 239 Å². The molecule has 2 heteroatoms. The minimum atomic E-state index is -0.236. The summed E-state index contributed by atoms with van der Waals surface area (Å²) in [5.74, 6) is -0.236. The fourth-order valence-electron chi connectivity index (χ4n) is 6.20. The van der Waals surface area contributed by atoms with Crippen molar-refractivity contribution in [3.8, 4) is 0 Å². The normalized spacial score (nSPS) is 11.8. The van der Waals surface area contributed by atoms with Gasteiger partial charge in [0.05, 0.1) is 6.26 Å². The van der Waals surface area contributed by atoms with E-state index in [1.165, 1.54) is 212 Å². The zero-order valence-corrected chi connectivity index (χ0v) is 30.4. The number of allylic oxidation sites excluding steroid dienone is 2. The van der Waals surface area contributed by atoms with Gasteiger partial charge in [0.2, 0.25) is 0 Å². The number of carbonyl (C=O) groups is 1. The van der Waals surface area contributed by atoms with Crippen molar-refractivity contribution in [1.82, 2.24) is 0 Å². The standard InChI is InChI=1S/C42H80O2/c1-3-5-7-9-11-13-15-17-19-21-22-23-25-27-29-31-33-35-37-39-41-44-42(43)40-38-36-34-32-30-28-26-24-20-18-16-14-12-10-8-6-4-2/h38-41H,3-37H2,1-2H3/b40-38+,41-39+. The van der Waals surface area contributed by atoms with Gasteiger partial charge in [-0.2, -0.15) is 0 Å². The average molecular weight is 617 g/mol. The van der Waals surface area contributed by atoms with Gasteiger partial charge in [-0.1, -0.05) is 219 Å². The zero-order chi connectivity index (χ0) is 31.9. The second-order valence-electron chi connectivity index (χ2n) is 13.7. The number of esters is 1. The smallest absolute Gasteiger partial charge is 0.335 e. The van der Waals surface area contributed by atoms with Gasteiger partial charge in [-0.05, 0) is 31.8 Å². The molecular weight excluding hydrogens is 536 g/mol. The molecule has 0 amide bonds. The van der Waals surface area contributed by atoms with Crippen LogP contribution in [0.5, 0.6) is 0 Å². The third-order valence-electron chi connectivity index (χ3n) is 9.23. The first-order chi connectivity index (χ1) is 21.8. The van der Waals surface area contributed by atoms with Crippen molar-refractivity contribution >= 4 is 5.97 Å². The Kier molecular flexibility index (Phi) is 39.0. The van der Waals surface area contributed by atoms with E-state index >= 15 is 0 Å². The summed E-state index contributed by atoms with van der Waals surface area (Å²) in [5.41, 5.74) is 0. The van der Waals surface area contributed by atoms with Gasteiger partial charge < -0.3 is 4.74 Å². The van der Waals surface area contributed by atoms with Crippen LogP contribution in [0.15, 0.2) is 24.5 Å². The molecule has 0 fully saturated rings. The molecule has 260 valence electrons. The van der Waals surface area contributed by atoms with Gasteiger partial charge in [-0.25, -0.2) is 4.79 Å². The van der Waals surface area contributed by atoms with E-state index in [1.807, 2.05) is 12.2 Å². The highest BCUT2D eigenvalue weighted by molar-refractivity contribution is 5.82. The Labute approximate surface area is 278 Å². The average Bonchev–Trinajstić information content (AvgIpc) is 3.03. The molecule has 0 N–H and O–H groups in total. The summed E-state index contributed by atoms with van der Waals surface area (Å²) in [6.45, 7) is 4.58. The molecule has 0 radical (unpaired) electrons. The lowest BCUT2D eigenvalue weighted by Crippen LogP contribution is -1.93. The van der Waals surface area contributed by atoms with Crippen LogP contribution in [0.4, 0.5) is 0 Å². The SMILES string of the molecule is CCCCCCCCCCCCCCCCC/C=C/C(=O)O/C=C/CCCCCCCCCCCCCCCCCCCC. The maximum Gasteiger partial charge on any atom is 0.335 e. The molecule has 0 aromatic carbocycles. The lowest BCUT2D eigenvalue weighted by molar-refractivity contribution is -0.132. The highest BCUT2D eigenvalue weighted by Crippen LogP contribution is 2.16. The van der Waals surface area contributed by atoms with Gasteiger partial charge in [0.25, 0.3) is 0 Å². The topological polar surface area (TPSA) is 26.3 Å². The fourth-order valence-corrected chi connectivity index (χ4v) is 6.20. The summed E-state index contributed by atoms with van der Waals surface area (Å²) in [4.78, 5) is 11.8.